The molecule has 6 aromatic carbocycles. The molecule has 0 spiro atoms. The van der Waals surface area contributed by atoms with Gasteiger partial charge < -0.3 is 9.47 Å². The van der Waals surface area contributed by atoms with Gasteiger partial charge in [-0.2, -0.15) is 34.0 Å². The average molecular weight is 881 g/mol. The molecule has 0 fully saturated rings. The van der Waals surface area contributed by atoms with Crippen LogP contribution in [0.2, 0.25) is 0 Å². The highest BCUT2D eigenvalue weighted by molar-refractivity contribution is 7.86. The molecule has 0 saturated heterocycles. The first kappa shape index (κ1) is 42.8. The average Bonchev–Trinajstić information content (AvgIpc) is 3.15. The van der Waals surface area contributed by atoms with E-state index in [9.17, 15) is 38.9 Å². The summed E-state index contributed by atoms with van der Waals surface area (Å²) < 4.78 is 210. The summed E-state index contributed by atoms with van der Waals surface area (Å²) in [4.78, 5) is -2.51. The molecule has 0 unspecified atom stereocenters. The standard InChI is InChI=1S/C39H26F6O11S3/c1-4-6-26-30(34(42)37(45)39(33(26)41)56-29-17-23(59(52,53)54)15-20-13-21(57(46,47)48)9-11-25(20)29)31-32(40)27(7-5-2)38(36(44)35(31)43)55-28-16-22(58(49,50)51)14-19-12-18(3)8-10-24(19)28/h4-17H,1-3H3,(H,46,47,48)(H,49,50,51)(H,52,53,54)/b6-4+,7-5+. The van der Waals surface area contributed by atoms with Crippen LogP contribution in [0.15, 0.2) is 87.5 Å². The molecule has 0 bridgehead atoms. The lowest BCUT2D eigenvalue weighted by atomic mass is 9.93. The molecular weight excluding hydrogens is 855 g/mol. The van der Waals surface area contributed by atoms with Gasteiger partial charge in [-0.1, -0.05) is 48.1 Å². The van der Waals surface area contributed by atoms with Gasteiger partial charge in [0.15, 0.2) is 23.2 Å². The number of ether oxygens (including phenoxy) is 2. The summed E-state index contributed by atoms with van der Waals surface area (Å²) in [5.41, 5.74) is -4.59. The Kier molecular flexibility index (Phi) is 11.2. The third-order valence-corrected chi connectivity index (χ3v) is 11.3. The van der Waals surface area contributed by atoms with Crippen molar-refractivity contribution in [3.05, 3.63) is 124 Å². The van der Waals surface area contributed by atoms with E-state index in [0.717, 1.165) is 60.7 Å². The van der Waals surface area contributed by atoms with Gasteiger partial charge in [0.2, 0.25) is 17.4 Å². The van der Waals surface area contributed by atoms with Crippen LogP contribution in [0.1, 0.15) is 30.5 Å². The Balaban J connectivity index is 1.59. The van der Waals surface area contributed by atoms with Crippen molar-refractivity contribution >= 4 is 64.1 Å². The fourth-order valence-electron chi connectivity index (χ4n) is 6.17. The van der Waals surface area contributed by atoms with E-state index in [2.05, 4.69) is 0 Å². The SMILES string of the molecule is C/C=C/c1c(F)c(-c2c(F)c(F)c(Oc3cc(S(=O)(=O)O)cc4cc(S(=O)(=O)O)ccc34)c(F)c2/C=C/C)c(F)c(F)c1Oc1cc(S(=O)(=O)O)cc2cc(C)ccc12. The van der Waals surface area contributed by atoms with Crippen molar-refractivity contribution in [2.45, 2.75) is 35.5 Å². The maximum absolute atomic E-state index is 16.7. The van der Waals surface area contributed by atoms with Crippen LogP contribution in [0.4, 0.5) is 26.3 Å². The zero-order valence-corrected chi connectivity index (χ0v) is 32.6. The molecule has 0 aliphatic rings. The van der Waals surface area contributed by atoms with Gasteiger partial charge in [-0.05, 0) is 61.9 Å². The van der Waals surface area contributed by atoms with Crippen LogP contribution in [0, 0.1) is 41.8 Å². The number of rotatable bonds is 10. The van der Waals surface area contributed by atoms with Crippen molar-refractivity contribution in [3.8, 4) is 34.1 Å². The second kappa shape index (κ2) is 15.4. The van der Waals surface area contributed by atoms with Gasteiger partial charge in [0, 0.05) is 34.0 Å². The highest BCUT2D eigenvalue weighted by Crippen LogP contribution is 2.47. The Morgan fingerprint density at radius 3 is 1.46 bits per heavy atom. The van der Waals surface area contributed by atoms with Crippen LogP contribution in [-0.4, -0.2) is 38.9 Å². The van der Waals surface area contributed by atoms with E-state index in [1.54, 1.807) is 13.0 Å². The number of halogens is 6. The second-order valence-electron chi connectivity index (χ2n) is 12.7. The zero-order chi connectivity index (χ0) is 43.5. The van der Waals surface area contributed by atoms with Crippen LogP contribution < -0.4 is 9.47 Å². The number of fused-ring (bicyclic) bond motifs is 2. The highest BCUT2D eigenvalue weighted by atomic mass is 32.2. The second-order valence-corrected chi connectivity index (χ2v) is 17.0. The molecule has 0 saturated carbocycles. The van der Waals surface area contributed by atoms with E-state index in [1.807, 2.05) is 0 Å². The maximum Gasteiger partial charge on any atom is 0.294 e. The molecule has 0 atom stereocenters. The predicted octanol–water partition coefficient (Wildman–Crippen LogP) is 10.2. The van der Waals surface area contributed by atoms with E-state index < -0.39 is 125 Å². The quantitative estimate of drug-likeness (QED) is 0.0677. The van der Waals surface area contributed by atoms with E-state index in [0.29, 0.717) is 11.6 Å². The third-order valence-electron chi connectivity index (χ3n) is 8.77. The molecule has 0 radical (unpaired) electrons. The smallest absolute Gasteiger partial charge is 0.294 e. The molecule has 3 N–H and O–H groups in total. The van der Waals surface area contributed by atoms with Gasteiger partial charge in [0.1, 0.15) is 17.3 Å². The molecule has 0 heterocycles. The van der Waals surface area contributed by atoms with Crippen LogP contribution in [0.25, 0.3) is 44.8 Å². The van der Waals surface area contributed by atoms with Crippen LogP contribution in [-0.2, 0) is 30.4 Å². The molecule has 0 amide bonds. The molecule has 20 heteroatoms. The van der Waals surface area contributed by atoms with Crippen molar-refractivity contribution in [2.24, 2.45) is 0 Å². The number of aryl methyl sites for hydroxylation is 1. The van der Waals surface area contributed by atoms with E-state index in [-0.39, 0.29) is 21.5 Å². The topological polar surface area (TPSA) is 182 Å². The lowest BCUT2D eigenvalue weighted by Gasteiger charge is -2.20. The summed E-state index contributed by atoms with van der Waals surface area (Å²) in [5.74, 6) is -16.6. The van der Waals surface area contributed by atoms with Gasteiger partial charge in [-0.3, -0.25) is 13.7 Å². The summed E-state index contributed by atoms with van der Waals surface area (Å²) in [7, 11) is -15.0. The van der Waals surface area contributed by atoms with Crippen LogP contribution in [0.5, 0.6) is 23.0 Å². The van der Waals surface area contributed by atoms with Crippen molar-refractivity contribution in [1.82, 2.24) is 0 Å². The fraction of sp³-hybridized carbons (Fsp3) is 0.0769. The van der Waals surface area contributed by atoms with Crippen molar-refractivity contribution < 1.29 is 74.7 Å². The van der Waals surface area contributed by atoms with Gasteiger partial charge in [-0.25, -0.2) is 17.6 Å². The fourth-order valence-corrected chi connectivity index (χ4v) is 7.75. The summed E-state index contributed by atoms with van der Waals surface area (Å²) in [6, 6.07) is 9.94. The largest absolute Gasteiger partial charge is 0.453 e. The molecule has 0 aliphatic carbocycles. The van der Waals surface area contributed by atoms with E-state index in [1.165, 1.54) is 26.0 Å². The van der Waals surface area contributed by atoms with E-state index >= 15 is 26.3 Å². The van der Waals surface area contributed by atoms with Crippen molar-refractivity contribution in [1.29, 1.82) is 0 Å². The lowest BCUT2D eigenvalue weighted by Crippen LogP contribution is -2.09. The Hall–Kier alpha value is -5.77. The number of benzene rings is 6. The summed E-state index contributed by atoms with van der Waals surface area (Å²) >= 11 is 0. The van der Waals surface area contributed by atoms with Gasteiger partial charge in [-0.15, -0.1) is 0 Å². The molecular formula is C39H26F6O11S3. The predicted molar refractivity (Wildman–Crippen MR) is 203 cm³/mol. The Morgan fingerprint density at radius 1 is 0.492 bits per heavy atom. The molecule has 0 aliphatic heterocycles. The first-order chi connectivity index (χ1) is 27.5. The first-order valence-corrected chi connectivity index (χ1v) is 20.9. The van der Waals surface area contributed by atoms with Crippen LogP contribution in [0.3, 0.4) is 0 Å². The lowest BCUT2D eigenvalue weighted by molar-refractivity contribution is 0.387. The minimum absolute atomic E-state index is 0.0913. The normalized spacial score (nSPS) is 12.7. The minimum atomic E-state index is -5.15. The molecule has 59 heavy (non-hydrogen) atoms. The summed E-state index contributed by atoms with van der Waals surface area (Å²) in [6.07, 6.45) is 3.71. The number of hydrogen-bond donors (Lipinski definition) is 3. The molecule has 6 aromatic rings. The van der Waals surface area contributed by atoms with Gasteiger partial charge in [0.05, 0.1) is 25.8 Å². The molecule has 308 valence electrons. The number of allylic oxidation sites excluding steroid dienone is 2. The first-order valence-electron chi connectivity index (χ1n) is 16.5. The molecule has 11 nitrogen and oxygen atoms in total. The molecule has 0 aromatic heterocycles. The Labute approximate surface area is 331 Å². The third kappa shape index (κ3) is 8.01. The number of hydrogen-bond acceptors (Lipinski definition) is 8. The van der Waals surface area contributed by atoms with Crippen LogP contribution >= 0.6 is 0 Å². The van der Waals surface area contributed by atoms with Crippen molar-refractivity contribution in [2.75, 3.05) is 0 Å². The highest BCUT2D eigenvalue weighted by Gasteiger charge is 2.34. The maximum atomic E-state index is 16.7. The summed E-state index contributed by atoms with van der Waals surface area (Å²) in [6.45, 7) is 4.19. The minimum Gasteiger partial charge on any atom is -0.453 e. The van der Waals surface area contributed by atoms with Crippen molar-refractivity contribution in [3.63, 3.8) is 0 Å². The van der Waals surface area contributed by atoms with E-state index in [4.69, 9.17) is 9.47 Å². The summed E-state index contributed by atoms with van der Waals surface area (Å²) in [5, 5.41) is -0.444. The zero-order valence-electron chi connectivity index (χ0n) is 30.2. The Bertz CT molecular complexity index is 3180. The van der Waals surface area contributed by atoms with Gasteiger partial charge >= 0.3 is 0 Å². The molecule has 6 rings (SSSR count). The van der Waals surface area contributed by atoms with Gasteiger partial charge in [0.25, 0.3) is 30.4 Å². The monoisotopic (exact) mass is 880 g/mol. The Morgan fingerprint density at radius 2 is 0.932 bits per heavy atom.